The molecule has 2 aliphatic rings. The number of nitrogens with zero attached hydrogens (tertiary/aromatic N) is 3. The maximum Gasteiger partial charge on any atom is 0.317 e. The summed E-state index contributed by atoms with van der Waals surface area (Å²) in [6.45, 7) is 10.8. The van der Waals surface area contributed by atoms with Crippen molar-refractivity contribution in [3.63, 3.8) is 0 Å². The molecule has 2 amide bonds. The van der Waals surface area contributed by atoms with E-state index < -0.39 is 0 Å². The Hall–Kier alpha value is -1.79. The maximum atomic E-state index is 12.5. The molecular weight excluding hydrogens is 340 g/mol. The Morgan fingerprint density at radius 2 is 1.93 bits per heavy atom. The van der Waals surface area contributed by atoms with Gasteiger partial charge in [-0.2, -0.15) is 0 Å². The molecule has 6 heteroatoms. The number of piperazine rings is 1. The number of benzene rings is 1. The first-order valence-electron chi connectivity index (χ1n) is 10.3. The molecule has 1 aromatic carbocycles. The minimum absolute atomic E-state index is 0.0980. The van der Waals surface area contributed by atoms with Crippen molar-refractivity contribution >= 4 is 6.03 Å². The van der Waals surface area contributed by atoms with Gasteiger partial charge in [0.2, 0.25) is 0 Å². The summed E-state index contributed by atoms with van der Waals surface area (Å²) >= 11 is 0. The van der Waals surface area contributed by atoms with Crippen LogP contribution in [0, 0.1) is 5.92 Å². The zero-order chi connectivity index (χ0) is 19.1. The van der Waals surface area contributed by atoms with Crippen molar-refractivity contribution in [1.29, 1.82) is 0 Å². The van der Waals surface area contributed by atoms with Crippen molar-refractivity contribution in [3.8, 4) is 5.75 Å². The van der Waals surface area contributed by atoms with E-state index in [4.69, 9.17) is 4.74 Å². The fourth-order valence-corrected chi connectivity index (χ4v) is 4.13. The summed E-state index contributed by atoms with van der Waals surface area (Å²) in [7, 11) is 1.72. The van der Waals surface area contributed by atoms with Crippen molar-refractivity contribution in [2.75, 3.05) is 59.5 Å². The van der Waals surface area contributed by atoms with Crippen LogP contribution in [-0.2, 0) is 6.54 Å². The lowest BCUT2D eigenvalue weighted by atomic mass is 10.1. The van der Waals surface area contributed by atoms with Gasteiger partial charge in [0.1, 0.15) is 5.75 Å². The number of hydrogen-bond acceptors (Lipinski definition) is 4. The van der Waals surface area contributed by atoms with Gasteiger partial charge in [0.15, 0.2) is 0 Å². The minimum atomic E-state index is 0.0980. The van der Waals surface area contributed by atoms with Gasteiger partial charge in [-0.25, -0.2) is 4.79 Å². The van der Waals surface area contributed by atoms with E-state index in [1.807, 2.05) is 23.1 Å². The average molecular weight is 375 g/mol. The zero-order valence-electron chi connectivity index (χ0n) is 16.8. The van der Waals surface area contributed by atoms with E-state index in [0.29, 0.717) is 5.92 Å². The minimum Gasteiger partial charge on any atom is -0.496 e. The topological polar surface area (TPSA) is 48.1 Å². The highest BCUT2D eigenvalue weighted by Crippen LogP contribution is 2.20. The van der Waals surface area contributed by atoms with Gasteiger partial charge >= 0.3 is 6.03 Å². The van der Waals surface area contributed by atoms with Crippen molar-refractivity contribution < 1.29 is 9.53 Å². The van der Waals surface area contributed by atoms with Crippen LogP contribution in [0.3, 0.4) is 0 Å². The molecule has 3 rings (SSSR count). The van der Waals surface area contributed by atoms with Crippen molar-refractivity contribution in [3.05, 3.63) is 29.8 Å². The summed E-state index contributed by atoms with van der Waals surface area (Å²) in [6, 6.07) is 8.26. The second kappa shape index (κ2) is 9.95. The van der Waals surface area contributed by atoms with E-state index >= 15 is 0 Å². The molecule has 1 aromatic rings. The first-order chi connectivity index (χ1) is 13.2. The molecule has 2 aliphatic heterocycles. The van der Waals surface area contributed by atoms with Crippen LogP contribution in [0.25, 0.3) is 0 Å². The summed E-state index contributed by atoms with van der Waals surface area (Å²) in [6.07, 6.45) is 2.41. The molecule has 0 aromatic heterocycles. The molecule has 2 saturated heterocycles. The Morgan fingerprint density at radius 1 is 1.15 bits per heavy atom. The molecule has 0 radical (unpaired) electrons. The maximum absolute atomic E-state index is 12.5. The molecule has 0 aliphatic carbocycles. The number of urea groups is 1. The lowest BCUT2D eigenvalue weighted by molar-refractivity contribution is 0.134. The predicted octanol–water partition coefficient (Wildman–Crippen LogP) is 2.25. The summed E-state index contributed by atoms with van der Waals surface area (Å²) in [5, 5.41) is 3.16. The Balaban J connectivity index is 1.38. The van der Waals surface area contributed by atoms with Crippen molar-refractivity contribution in [2.24, 2.45) is 5.92 Å². The molecule has 0 saturated carbocycles. The quantitative estimate of drug-likeness (QED) is 0.795. The van der Waals surface area contributed by atoms with Gasteiger partial charge in [0.05, 0.1) is 7.11 Å². The third-order valence-corrected chi connectivity index (χ3v) is 5.70. The molecule has 6 nitrogen and oxygen atoms in total. The molecule has 150 valence electrons. The zero-order valence-corrected chi connectivity index (χ0v) is 16.8. The Kier molecular flexibility index (Phi) is 7.35. The fraction of sp³-hybridized carbons (Fsp3) is 0.667. The number of likely N-dealkylation sites (tertiary alicyclic amines) is 1. The van der Waals surface area contributed by atoms with Crippen LogP contribution in [0.1, 0.15) is 25.3 Å². The average Bonchev–Trinajstić information content (AvgIpc) is 3.15. The molecule has 0 bridgehead atoms. The van der Waals surface area contributed by atoms with E-state index in [9.17, 15) is 4.79 Å². The van der Waals surface area contributed by atoms with Gasteiger partial charge in [-0.05, 0) is 37.9 Å². The number of ether oxygens (including phenoxy) is 1. The lowest BCUT2D eigenvalue weighted by Gasteiger charge is -2.35. The van der Waals surface area contributed by atoms with Gasteiger partial charge in [0.25, 0.3) is 0 Å². The second-order valence-corrected chi connectivity index (χ2v) is 7.72. The first-order valence-corrected chi connectivity index (χ1v) is 10.3. The normalized spacial score (nSPS) is 21.4. The van der Waals surface area contributed by atoms with Crippen molar-refractivity contribution in [2.45, 2.75) is 26.3 Å². The smallest absolute Gasteiger partial charge is 0.317 e. The second-order valence-electron chi connectivity index (χ2n) is 7.72. The monoisotopic (exact) mass is 374 g/mol. The number of rotatable bonds is 7. The SMILES string of the molecule is CCCN1CC[C@@H](CNC(=O)N2CCN(Cc3ccccc3OC)CC2)C1. The largest absolute Gasteiger partial charge is 0.496 e. The highest BCUT2D eigenvalue weighted by molar-refractivity contribution is 5.74. The van der Waals surface area contributed by atoms with E-state index in [0.717, 1.165) is 51.6 Å². The van der Waals surface area contributed by atoms with Crippen LogP contribution in [-0.4, -0.2) is 80.2 Å². The molecule has 1 atom stereocenters. The summed E-state index contributed by atoms with van der Waals surface area (Å²) in [4.78, 5) is 19.3. The van der Waals surface area contributed by atoms with Crippen LogP contribution < -0.4 is 10.1 Å². The predicted molar refractivity (Wildman–Crippen MR) is 108 cm³/mol. The van der Waals surface area contributed by atoms with Gasteiger partial charge < -0.3 is 19.9 Å². The van der Waals surface area contributed by atoms with Crippen LogP contribution in [0.2, 0.25) is 0 Å². The Morgan fingerprint density at radius 3 is 2.67 bits per heavy atom. The van der Waals surface area contributed by atoms with Gasteiger partial charge in [-0.1, -0.05) is 25.1 Å². The number of hydrogen-bond donors (Lipinski definition) is 1. The van der Waals surface area contributed by atoms with Crippen LogP contribution in [0.4, 0.5) is 4.79 Å². The number of carbonyl (C=O) groups is 1. The molecule has 27 heavy (non-hydrogen) atoms. The highest BCUT2D eigenvalue weighted by atomic mass is 16.5. The molecule has 2 heterocycles. The number of amides is 2. The van der Waals surface area contributed by atoms with E-state index in [2.05, 4.69) is 28.1 Å². The third kappa shape index (κ3) is 5.59. The van der Waals surface area contributed by atoms with E-state index in [1.165, 1.54) is 31.5 Å². The first kappa shape index (κ1) is 20.0. The van der Waals surface area contributed by atoms with E-state index in [1.54, 1.807) is 7.11 Å². The van der Waals surface area contributed by atoms with Crippen LogP contribution in [0.15, 0.2) is 24.3 Å². The Bertz CT molecular complexity index is 602. The number of methoxy groups -OCH3 is 1. The molecule has 0 unspecified atom stereocenters. The van der Waals surface area contributed by atoms with E-state index in [-0.39, 0.29) is 6.03 Å². The van der Waals surface area contributed by atoms with Crippen molar-refractivity contribution in [1.82, 2.24) is 20.0 Å². The third-order valence-electron chi connectivity index (χ3n) is 5.70. The fourth-order valence-electron chi connectivity index (χ4n) is 4.13. The molecule has 2 fully saturated rings. The number of nitrogens with one attached hydrogen (secondary N) is 1. The molecular formula is C21H34N4O2. The number of para-hydroxylation sites is 1. The lowest BCUT2D eigenvalue weighted by Crippen LogP contribution is -2.52. The van der Waals surface area contributed by atoms with Gasteiger partial charge in [-0.15, -0.1) is 0 Å². The van der Waals surface area contributed by atoms with Gasteiger partial charge in [0, 0.05) is 51.4 Å². The number of carbonyl (C=O) groups excluding carboxylic acids is 1. The summed E-state index contributed by atoms with van der Waals surface area (Å²) < 4.78 is 5.45. The summed E-state index contributed by atoms with van der Waals surface area (Å²) in [5.41, 5.74) is 1.20. The highest BCUT2D eigenvalue weighted by Gasteiger charge is 2.25. The van der Waals surface area contributed by atoms with Crippen LogP contribution >= 0.6 is 0 Å². The molecule has 1 N–H and O–H groups in total. The Labute approximate surface area is 163 Å². The summed E-state index contributed by atoms with van der Waals surface area (Å²) in [5.74, 6) is 1.54. The van der Waals surface area contributed by atoms with Crippen LogP contribution in [0.5, 0.6) is 5.75 Å². The standard InChI is InChI=1S/C21H34N4O2/c1-3-9-23-10-8-18(16-23)15-22-21(26)25-13-11-24(12-14-25)17-19-6-4-5-7-20(19)27-2/h4-7,18H,3,8-17H2,1-2H3,(H,22,26)/t18-/m0/s1. The molecule has 0 spiro atoms. The van der Waals surface area contributed by atoms with Gasteiger partial charge in [-0.3, -0.25) is 4.90 Å².